The molecule has 0 aliphatic carbocycles. The fraction of sp³-hybridized carbons (Fsp3) is 0.375. The highest BCUT2D eigenvalue weighted by atomic mass is 32.2. The quantitative estimate of drug-likeness (QED) is 0.861. The summed E-state index contributed by atoms with van der Waals surface area (Å²) in [6, 6.07) is 8.74. The molecule has 1 aliphatic rings. The van der Waals surface area contributed by atoms with Crippen LogP contribution < -0.4 is 5.56 Å². The Hall–Kier alpha value is -2.19. The molecule has 0 saturated carbocycles. The van der Waals surface area contributed by atoms with E-state index >= 15 is 0 Å². The van der Waals surface area contributed by atoms with E-state index in [-0.39, 0.29) is 23.7 Å². The fourth-order valence-electron chi connectivity index (χ4n) is 2.92. The number of aromatic amines is 1. The molecule has 24 heavy (non-hydrogen) atoms. The van der Waals surface area contributed by atoms with Crippen molar-refractivity contribution in [3.63, 3.8) is 0 Å². The number of aromatic nitrogens is 1. The highest BCUT2D eigenvalue weighted by Crippen LogP contribution is 2.13. The van der Waals surface area contributed by atoms with Crippen LogP contribution in [0.3, 0.4) is 0 Å². The van der Waals surface area contributed by atoms with Gasteiger partial charge in [-0.2, -0.15) is 0 Å². The molecule has 8 heteroatoms. The zero-order valence-corrected chi connectivity index (χ0v) is 14.2. The number of rotatable bonds is 2. The van der Waals surface area contributed by atoms with Gasteiger partial charge < -0.3 is 9.88 Å². The first-order valence-corrected chi connectivity index (χ1v) is 9.57. The summed E-state index contributed by atoms with van der Waals surface area (Å²) in [5.74, 6) is -0.284. The predicted molar refractivity (Wildman–Crippen MR) is 91.5 cm³/mol. The number of benzene rings is 1. The van der Waals surface area contributed by atoms with Crippen molar-refractivity contribution in [2.24, 2.45) is 0 Å². The molecule has 1 aromatic carbocycles. The Morgan fingerprint density at radius 3 is 2.62 bits per heavy atom. The number of H-pyrrole nitrogens is 1. The first kappa shape index (κ1) is 16.7. The lowest BCUT2D eigenvalue weighted by Crippen LogP contribution is -2.37. The summed E-state index contributed by atoms with van der Waals surface area (Å²) in [6.07, 6.45) is 1.74. The highest BCUT2D eigenvalue weighted by molar-refractivity contribution is 7.88. The molecule has 1 saturated heterocycles. The fourth-order valence-corrected chi connectivity index (χ4v) is 3.80. The van der Waals surface area contributed by atoms with E-state index in [0.29, 0.717) is 36.8 Å². The standard InChI is InChI=1S/C16H19N3O4S/c1-24(22,23)19-8-4-7-18(9-10-19)16(21)14-11-12-5-2-3-6-13(12)15(20)17-14/h2-3,5-6,11H,4,7-10H2,1H3,(H,17,20). The van der Waals surface area contributed by atoms with Gasteiger partial charge in [0.15, 0.2) is 0 Å². The summed E-state index contributed by atoms with van der Waals surface area (Å²) in [7, 11) is -3.26. The van der Waals surface area contributed by atoms with Crippen LogP contribution in [0.25, 0.3) is 10.8 Å². The SMILES string of the molecule is CS(=O)(=O)N1CCCN(C(=O)c2cc3ccccc3c(=O)[nH]2)CC1. The molecule has 0 radical (unpaired) electrons. The molecule has 0 atom stereocenters. The van der Waals surface area contributed by atoms with Crippen molar-refractivity contribution >= 4 is 26.7 Å². The van der Waals surface area contributed by atoms with Crippen LogP contribution in [0.2, 0.25) is 0 Å². The Labute approximate surface area is 139 Å². The Kier molecular flexibility index (Phi) is 4.42. The third-order valence-electron chi connectivity index (χ3n) is 4.19. The Morgan fingerprint density at radius 1 is 1.12 bits per heavy atom. The maximum absolute atomic E-state index is 12.7. The lowest BCUT2D eigenvalue weighted by Gasteiger charge is -2.21. The molecule has 1 fully saturated rings. The van der Waals surface area contributed by atoms with Gasteiger partial charge in [-0.1, -0.05) is 18.2 Å². The van der Waals surface area contributed by atoms with Gasteiger partial charge in [-0.05, 0) is 23.9 Å². The number of amides is 1. The second-order valence-corrected chi connectivity index (χ2v) is 7.89. The molecule has 128 valence electrons. The average Bonchev–Trinajstić information content (AvgIpc) is 2.80. The van der Waals surface area contributed by atoms with Gasteiger partial charge in [0, 0.05) is 31.6 Å². The van der Waals surface area contributed by atoms with Crippen molar-refractivity contribution in [2.75, 3.05) is 32.4 Å². The first-order chi connectivity index (χ1) is 11.4. The number of pyridine rings is 1. The largest absolute Gasteiger partial charge is 0.336 e. The number of nitrogens with zero attached hydrogens (tertiary/aromatic N) is 2. The normalized spacial score (nSPS) is 17.0. The van der Waals surface area contributed by atoms with E-state index in [9.17, 15) is 18.0 Å². The maximum Gasteiger partial charge on any atom is 0.270 e. The Bertz CT molecular complexity index is 936. The van der Waals surface area contributed by atoms with Crippen LogP contribution in [-0.2, 0) is 10.0 Å². The topological polar surface area (TPSA) is 90.6 Å². The molecule has 0 unspecified atom stereocenters. The second kappa shape index (κ2) is 6.37. The van der Waals surface area contributed by atoms with Crippen molar-refractivity contribution in [3.8, 4) is 0 Å². The second-order valence-electron chi connectivity index (χ2n) is 5.91. The maximum atomic E-state index is 12.7. The molecule has 1 amide bonds. The third-order valence-corrected chi connectivity index (χ3v) is 5.50. The van der Waals surface area contributed by atoms with Crippen molar-refractivity contribution in [2.45, 2.75) is 6.42 Å². The molecular formula is C16H19N3O4S. The number of carbonyl (C=O) groups excluding carboxylic acids is 1. The number of hydrogen-bond acceptors (Lipinski definition) is 4. The summed E-state index contributed by atoms with van der Waals surface area (Å²) in [5.41, 5.74) is -0.0736. The van der Waals surface area contributed by atoms with Gasteiger partial charge in [0.25, 0.3) is 11.5 Å². The van der Waals surface area contributed by atoms with Crippen LogP contribution in [0, 0.1) is 0 Å². The van der Waals surface area contributed by atoms with Gasteiger partial charge in [0.2, 0.25) is 10.0 Å². The van der Waals surface area contributed by atoms with Crippen molar-refractivity contribution in [3.05, 3.63) is 46.4 Å². The molecule has 2 heterocycles. The van der Waals surface area contributed by atoms with Crippen LogP contribution in [0.15, 0.2) is 35.1 Å². The highest BCUT2D eigenvalue weighted by Gasteiger charge is 2.25. The Morgan fingerprint density at radius 2 is 1.88 bits per heavy atom. The Balaban J connectivity index is 1.85. The van der Waals surface area contributed by atoms with Gasteiger partial charge in [-0.25, -0.2) is 12.7 Å². The number of sulfonamides is 1. The minimum Gasteiger partial charge on any atom is -0.336 e. The molecule has 0 bridgehead atoms. The van der Waals surface area contributed by atoms with Crippen LogP contribution in [0.5, 0.6) is 0 Å². The molecule has 7 nitrogen and oxygen atoms in total. The molecule has 1 aromatic heterocycles. The zero-order chi connectivity index (χ0) is 17.3. The number of fused-ring (bicyclic) bond motifs is 1. The summed E-state index contributed by atoms with van der Waals surface area (Å²) in [4.78, 5) is 29.0. The van der Waals surface area contributed by atoms with Gasteiger partial charge in [-0.15, -0.1) is 0 Å². The van der Waals surface area contributed by atoms with E-state index < -0.39 is 10.0 Å². The minimum absolute atomic E-state index is 0.228. The molecule has 0 spiro atoms. The monoisotopic (exact) mass is 349 g/mol. The summed E-state index contributed by atoms with van der Waals surface area (Å²) < 4.78 is 24.7. The van der Waals surface area contributed by atoms with E-state index in [1.807, 2.05) is 6.07 Å². The van der Waals surface area contributed by atoms with E-state index in [0.717, 1.165) is 0 Å². The van der Waals surface area contributed by atoms with Crippen molar-refractivity contribution in [1.29, 1.82) is 0 Å². The van der Waals surface area contributed by atoms with Crippen LogP contribution in [0.1, 0.15) is 16.9 Å². The average molecular weight is 349 g/mol. The lowest BCUT2D eigenvalue weighted by molar-refractivity contribution is 0.0758. The third kappa shape index (κ3) is 3.34. The van der Waals surface area contributed by atoms with E-state index in [1.165, 1.54) is 10.6 Å². The number of carbonyl (C=O) groups is 1. The lowest BCUT2D eigenvalue weighted by atomic mass is 10.1. The van der Waals surface area contributed by atoms with Crippen LogP contribution in [-0.4, -0.2) is 60.9 Å². The number of nitrogens with one attached hydrogen (secondary N) is 1. The van der Waals surface area contributed by atoms with Crippen molar-refractivity contribution in [1.82, 2.24) is 14.2 Å². The van der Waals surface area contributed by atoms with Crippen LogP contribution in [0.4, 0.5) is 0 Å². The molecule has 2 aromatic rings. The van der Waals surface area contributed by atoms with Gasteiger partial charge in [0.1, 0.15) is 5.69 Å². The molecule has 1 aliphatic heterocycles. The van der Waals surface area contributed by atoms with Crippen LogP contribution >= 0.6 is 0 Å². The molecule has 1 N–H and O–H groups in total. The van der Waals surface area contributed by atoms with Crippen molar-refractivity contribution < 1.29 is 13.2 Å². The van der Waals surface area contributed by atoms with E-state index in [1.54, 1.807) is 29.2 Å². The zero-order valence-electron chi connectivity index (χ0n) is 13.4. The summed E-state index contributed by atoms with van der Waals surface area (Å²) in [5, 5.41) is 1.24. The molecular weight excluding hydrogens is 330 g/mol. The van der Waals surface area contributed by atoms with E-state index in [4.69, 9.17) is 0 Å². The molecule has 3 rings (SSSR count). The van der Waals surface area contributed by atoms with Gasteiger partial charge in [-0.3, -0.25) is 9.59 Å². The number of hydrogen-bond donors (Lipinski definition) is 1. The van der Waals surface area contributed by atoms with Gasteiger partial charge >= 0.3 is 0 Å². The van der Waals surface area contributed by atoms with E-state index in [2.05, 4.69) is 4.98 Å². The summed E-state index contributed by atoms with van der Waals surface area (Å²) >= 11 is 0. The summed E-state index contributed by atoms with van der Waals surface area (Å²) in [6.45, 7) is 1.43. The first-order valence-electron chi connectivity index (χ1n) is 7.73. The smallest absolute Gasteiger partial charge is 0.270 e. The predicted octanol–water partition coefficient (Wildman–Crippen LogP) is 0.636. The van der Waals surface area contributed by atoms with Gasteiger partial charge in [0.05, 0.1) is 6.26 Å². The minimum atomic E-state index is -3.26.